The zero-order chi connectivity index (χ0) is 21.8. The minimum Gasteiger partial charge on any atom is -0.276 e. The fourth-order valence-electron chi connectivity index (χ4n) is 7.21. The first-order chi connectivity index (χ1) is 15.4. The van der Waals surface area contributed by atoms with E-state index in [1.165, 1.54) is 33.6 Å². The van der Waals surface area contributed by atoms with Gasteiger partial charge >= 0.3 is 0 Å². The number of allylic oxidation sites excluding steroid dienone is 4. The highest BCUT2D eigenvalue weighted by atomic mass is 15.7. The van der Waals surface area contributed by atoms with E-state index in [9.17, 15) is 0 Å². The van der Waals surface area contributed by atoms with Gasteiger partial charge in [-0.05, 0) is 11.1 Å². The lowest BCUT2D eigenvalue weighted by atomic mass is 9.62. The van der Waals surface area contributed by atoms with Gasteiger partial charge in [0.05, 0.1) is 23.5 Å². The molecule has 0 N–H and O–H groups in total. The van der Waals surface area contributed by atoms with Crippen molar-refractivity contribution in [2.45, 2.75) is 50.6 Å². The summed E-state index contributed by atoms with van der Waals surface area (Å²) in [7, 11) is 0. The van der Waals surface area contributed by atoms with Crippen molar-refractivity contribution in [3.05, 3.63) is 96.1 Å². The number of para-hydroxylation sites is 2. The van der Waals surface area contributed by atoms with E-state index in [0.717, 1.165) is 0 Å². The number of anilines is 2. The molecule has 0 amide bonds. The summed E-state index contributed by atoms with van der Waals surface area (Å²) in [5, 5.41) is 5.34. The first-order valence-corrected chi connectivity index (χ1v) is 12.0. The van der Waals surface area contributed by atoms with Crippen LogP contribution in [0.2, 0.25) is 0 Å². The van der Waals surface area contributed by atoms with E-state index in [-0.39, 0.29) is 10.8 Å². The Morgan fingerprint density at radius 2 is 0.969 bits per heavy atom. The average molecular weight is 419 g/mol. The molecule has 2 aliphatic carbocycles. The summed E-state index contributed by atoms with van der Waals surface area (Å²) in [6, 6.07) is 14.6. The van der Waals surface area contributed by atoms with E-state index in [4.69, 9.17) is 0 Å². The van der Waals surface area contributed by atoms with Gasteiger partial charge in [0, 0.05) is 33.8 Å². The monoisotopic (exact) mass is 418 g/mol. The van der Waals surface area contributed by atoms with Crippen molar-refractivity contribution in [1.29, 1.82) is 0 Å². The van der Waals surface area contributed by atoms with Crippen LogP contribution in [0, 0.1) is 11.8 Å². The van der Waals surface area contributed by atoms with Gasteiger partial charge in [0.15, 0.2) is 0 Å². The molecular weight excluding hydrogens is 388 g/mol. The fourth-order valence-corrected chi connectivity index (χ4v) is 7.21. The summed E-state index contributed by atoms with van der Waals surface area (Å²) in [6.45, 7) is 9.72. The van der Waals surface area contributed by atoms with Gasteiger partial charge in [-0.15, -0.1) is 0 Å². The number of fused-ring (bicyclic) bond motifs is 6. The van der Waals surface area contributed by atoms with Crippen molar-refractivity contribution >= 4 is 11.4 Å². The molecular formula is C30H30N2. The minimum absolute atomic E-state index is 0.0691. The zero-order valence-corrected chi connectivity index (χ0v) is 19.3. The van der Waals surface area contributed by atoms with Gasteiger partial charge in [0.1, 0.15) is 0 Å². The highest BCUT2D eigenvalue weighted by molar-refractivity contribution is 5.97. The molecule has 0 aromatic heterocycles. The van der Waals surface area contributed by atoms with Crippen LogP contribution in [0.3, 0.4) is 0 Å². The molecule has 3 heterocycles. The maximum Gasteiger partial charge on any atom is 0.0761 e. The lowest BCUT2D eigenvalue weighted by Crippen LogP contribution is -2.66. The molecule has 2 aromatic rings. The SMILES string of the molecule is CC1(C)c2cccc3c2N(C2C=CC=CC21)N1c2c-3cccc2C(C)(C)C2C=CC=CC21. The third kappa shape index (κ3) is 2.02. The second kappa shape index (κ2) is 5.86. The van der Waals surface area contributed by atoms with E-state index in [2.05, 4.69) is 123 Å². The van der Waals surface area contributed by atoms with Crippen molar-refractivity contribution in [2.75, 3.05) is 10.0 Å². The Morgan fingerprint density at radius 1 is 0.562 bits per heavy atom. The summed E-state index contributed by atoms with van der Waals surface area (Å²) >= 11 is 0. The Balaban J connectivity index is 1.61. The molecule has 0 saturated heterocycles. The number of hydrogen-bond acceptors (Lipinski definition) is 2. The first kappa shape index (κ1) is 18.6. The molecule has 7 rings (SSSR count). The van der Waals surface area contributed by atoms with Gasteiger partial charge in [0.25, 0.3) is 0 Å². The summed E-state index contributed by atoms with van der Waals surface area (Å²) < 4.78 is 0. The molecule has 32 heavy (non-hydrogen) atoms. The van der Waals surface area contributed by atoms with E-state index in [1.54, 1.807) is 0 Å². The van der Waals surface area contributed by atoms with Crippen molar-refractivity contribution < 1.29 is 0 Å². The van der Waals surface area contributed by atoms with Gasteiger partial charge in [-0.25, -0.2) is 0 Å². The minimum atomic E-state index is 0.0691. The fraction of sp³-hybridized carbons (Fsp3) is 0.333. The molecule has 2 heteroatoms. The molecule has 0 fully saturated rings. The largest absolute Gasteiger partial charge is 0.276 e. The van der Waals surface area contributed by atoms with Crippen LogP contribution in [0.4, 0.5) is 11.4 Å². The number of hydrazine groups is 1. The van der Waals surface area contributed by atoms with E-state index in [1.807, 2.05) is 0 Å². The summed E-state index contributed by atoms with van der Waals surface area (Å²) in [5.74, 6) is 0.862. The molecule has 0 radical (unpaired) electrons. The molecule has 2 aromatic carbocycles. The molecule has 3 aliphatic heterocycles. The standard InChI is InChI=1S/C30H30N2/c1-29(2)21-13-5-7-17-25(21)31-27-19(11-9-15-23(27)29)20-12-10-16-24-28(20)32(31)26-18-8-6-14-22(26)30(24,3)4/h5-18,21-22,25-26H,1-4H3. The van der Waals surface area contributed by atoms with Gasteiger partial charge in [-0.2, -0.15) is 0 Å². The van der Waals surface area contributed by atoms with Crippen molar-refractivity contribution in [3.8, 4) is 11.1 Å². The number of nitrogens with zero attached hydrogens (tertiary/aromatic N) is 2. The van der Waals surface area contributed by atoms with Crippen LogP contribution in [-0.2, 0) is 10.8 Å². The van der Waals surface area contributed by atoms with Crippen LogP contribution in [0.25, 0.3) is 11.1 Å². The topological polar surface area (TPSA) is 6.48 Å². The van der Waals surface area contributed by atoms with Crippen LogP contribution < -0.4 is 10.0 Å². The van der Waals surface area contributed by atoms with Crippen molar-refractivity contribution in [3.63, 3.8) is 0 Å². The predicted molar refractivity (Wildman–Crippen MR) is 134 cm³/mol. The summed E-state index contributed by atoms with van der Waals surface area (Å²) in [5.41, 5.74) is 8.64. The molecule has 2 nitrogen and oxygen atoms in total. The maximum absolute atomic E-state index is 2.67. The highest BCUT2D eigenvalue weighted by Gasteiger charge is 2.54. The van der Waals surface area contributed by atoms with Gasteiger partial charge in [0.2, 0.25) is 0 Å². The Hall–Kier alpha value is -3.00. The molecule has 160 valence electrons. The van der Waals surface area contributed by atoms with Crippen LogP contribution >= 0.6 is 0 Å². The first-order valence-electron chi connectivity index (χ1n) is 12.0. The Kier molecular flexibility index (Phi) is 3.40. The Morgan fingerprint density at radius 3 is 1.41 bits per heavy atom. The highest BCUT2D eigenvalue weighted by Crippen LogP contribution is 2.61. The van der Waals surface area contributed by atoms with Crippen molar-refractivity contribution in [1.82, 2.24) is 0 Å². The maximum atomic E-state index is 2.67. The Bertz CT molecular complexity index is 1170. The lowest BCUT2D eigenvalue weighted by molar-refractivity contribution is 0.277. The second-order valence-electron chi connectivity index (χ2n) is 11.1. The van der Waals surface area contributed by atoms with E-state index >= 15 is 0 Å². The molecule has 0 saturated carbocycles. The molecule has 5 aliphatic rings. The quantitative estimate of drug-likeness (QED) is 0.470. The zero-order valence-electron chi connectivity index (χ0n) is 19.3. The van der Waals surface area contributed by atoms with Crippen LogP contribution in [-0.4, -0.2) is 12.1 Å². The second-order valence-corrected chi connectivity index (χ2v) is 11.1. The van der Waals surface area contributed by atoms with Gasteiger partial charge < -0.3 is 0 Å². The average Bonchev–Trinajstić information content (AvgIpc) is 2.81. The smallest absolute Gasteiger partial charge is 0.0761 e. The summed E-state index contributed by atoms with van der Waals surface area (Å²) in [6.07, 6.45) is 18.7. The number of benzene rings is 2. The third-order valence-corrected chi connectivity index (χ3v) is 8.88. The molecule has 0 bridgehead atoms. The number of rotatable bonds is 0. The summed E-state index contributed by atoms with van der Waals surface area (Å²) in [4.78, 5) is 0. The van der Waals surface area contributed by atoms with Crippen LogP contribution in [0.15, 0.2) is 85.0 Å². The van der Waals surface area contributed by atoms with E-state index in [0.29, 0.717) is 23.9 Å². The predicted octanol–water partition coefficient (Wildman–Crippen LogP) is 6.70. The van der Waals surface area contributed by atoms with Gasteiger partial charge in [-0.3, -0.25) is 10.0 Å². The normalized spacial score (nSPS) is 31.0. The molecule has 0 spiro atoms. The van der Waals surface area contributed by atoms with E-state index < -0.39 is 0 Å². The van der Waals surface area contributed by atoms with Crippen molar-refractivity contribution in [2.24, 2.45) is 11.8 Å². The molecule has 4 unspecified atom stereocenters. The number of hydrogen-bond donors (Lipinski definition) is 0. The van der Waals surface area contributed by atoms with Crippen LogP contribution in [0.5, 0.6) is 0 Å². The Labute approximate surface area is 191 Å². The third-order valence-electron chi connectivity index (χ3n) is 8.88. The van der Waals surface area contributed by atoms with Gasteiger partial charge in [-0.1, -0.05) is 113 Å². The van der Waals surface area contributed by atoms with Crippen LogP contribution in [0.1, 0.15) is 38.8 Å². The molecule has 4 atom stereocenters. The lowest BCUT2D eigenvalue weighted by Gasteiger charge is -2.62.